The monoisotopic (exact) mass is 457 g/mol. The van der Waals surface area contributed by atoms with E-state index < -0.39 is 0 Å². The number of aromatic nitrogens is 1. The van der Waals surface area contributed by atoms with Crippen LogP contribution < -0.4 is 24.4 Å². The molecule has 0 aliphatic rings. The molecule has 0 fully saturated rings. The van der Waals surface area contributed by atoms with E-state index in [4.69, 9.17) is 18.9 Å². The third-order valence-corrected chi connectivity index (χ3v) is 5.52. The van der Waals surface area contributed by atoms with Crippen molar-refractivity contribution in [2.24, 2.45) is 0 Å². The molecule has 0 spiro atoms. The van der Waals surface area contributed by atoms with Crippen molar-refractivity contribution in [1.82, 2.24) is 4.57 Å². The van der Waals surface area contributed by atoms with Crippen LogP contribution in [0.1, 0.15) is 5.56 Å². The van der Waals surface area contributed by atoms with Crippen molar-refractivity contribution in [3.05, 3.63) is 95.7 Å². The van der Waals surface area contributed by atoms with Crippen LogP contribution in [-0.2, 0) is 6.54 Å². The highest BCUT2D eigenvalue weighted by Gasteiger charge is 2.17. The van der Waals surface area contributed by atoms with Gasteiger partial charge >= 0.3 is 0 Å². The number of para-hydroxylation sites is 1. The van der Waals surface area contributed by atoms with E-state index in [0.29, 0.717) is 53.5 Å². The molecule has 0 N–H and O–H groups in total. The van der Waals surface area contributed by atoms with Crippen LogP contribution in [0.5, 0.6) is 23.0 Å². The van der Waals surface area contributed by atoms with Gasteiger partial charge in [0.2, 0.25) is 5.75 Å². The molecule has 3 aromatic carbocycles. The van der Waals surface area contributed by atoms with Crippen LogP contribution in [0.25, 0.3) is 21.8 Å². The lowest BCUT2D eigenvalue weighted by atomic mass is 10.1. The molecule has 0 aliphatic heterocycles. The first kappa shape index (κ1) is 23.0. The first-order chi connectivity index (χ1) is 16.6. The highest BCUT2D eigenvalue weighted by Crippen LogP contribution is 2.39. The molecule has 4 rings (SSSR count). The number of benzene rings is 3. The summed E-state index contributed by atoms with van der Waals surface area (Å²) >= 11 is 0. The second-order valence-electron chi connectivity index (χ2n) is 7.64. The van der Waals surface area contributed by atoms with E-state index >= 15 is 0 Å². The normalized spacial score (nSPS) is 10.8. The number of nitrogens with zero attached hydrogens (tertiary/aromatic N) is 1. The van der Waals surface area contributed by atoms with E-state index in [9.17, 15) is 4.79 Å². The molecule has 0 atom stereocenters. The van der Waals surface area contributed by atoms with E-state index in [0.717, 1.165) is 16.6 Å². The Morgan fingerprint density at radius 1 is 0.824 bits per heavy atom. The fourth-order valence-electron chi connectivity index (χ4n) is 4.01. The molecule has 1 heterocycles. The maximum Gasteiger partial charge on any atom is 0.203 e. The molecule has 34 heavy (non-hydrogen) atoms. The van der Waals surface area contributed by atoms with Gasteiger partial charge < -0.3 is 23.5 Å². The molecule has 0 bridgehead atoms. The van der Waals surface area contributed by atoms with Crippen molar-refractivity contribution in [3.63, 3.8) is 0 Å². The van der Waals surface area contributed by atoms with Crippen molar-refractivity contribution >= 4 is 21.8 Å². The van der Waals surface area contributed by atoms with Crippen molar-refractivity contribution < 1.29 is 18.9 Å². The minimum Gasteiger partial charge on any atom is -0.493 e. The van der Waals surface area contributed by atoms with Gasteiger partial charge in [0.15, 0.2) is 16.9 Å². The van der Waals surface area contributed by atoms with Gasteiger partial charge in [0.1, 0.15) is 19.0 Å². The molecule has 1 aromatic heterocycles. The van der Waals surface area contributed by atoms with Crippen LogP contribution in [0.2, 0.25) is 0 Å². The average Bonchev–Trinajstić information content (AvgIpc) is 2.88. The summed E-state index contributed by atoms with van der Waals surface area (Å²) in [5.74, 6) is 2.30. The summed E-state index contributed by atoms with van der Waals surface area (Å²) in [6.45, 7) is 8.58. The SMILES string of the molecule is C=CCOc1ccc2c(=O)c3ccccc3n(Cc3cc(OC)c(OCC=C)c(OC)c3)c2c1. The molecule has 6 nitrogen and oxygen atoms in total. The fourth-order valence-corrected chi connectivity index (χ4v) is 4.01. The highest BCUT2D eigenvalue weighted by molar-refractivity contribution is 5.94. The van der Waals surface area contributed by atoms with E-state index in [-0.39, 0.29) is 5.43 Å². The summed E-state index contributed by atoms with van der Waals surface area (Å²) < 4.78 is 24.8. The summed E-state index contributed by atoms with van der Waals surface area (Å²) in [4.78, 5) is 13.2. The Morgan fingerprint density at radius 2 is 1.47 bits per heavy atom. The fraction of sp³-hybridized carbons (Fsp3) is 0.179. The summed E-state index contributed by atoms with van der Waals surface area (Å²) in [5, 5.41) is 1.27. The van der Waals surface area contributed by atoms with Crippen LogP contribution >= 0.6 is 0 Å². The minimum atomic E-state index is -0.0135. The highest BCUT2D eigenvalue weighted by atomic mass is 16.5. The van der Waals surface area contributed by atoms with Gasteiger partial charge in [-0.05, 0) is 42.0 Å². The van der Waals surface area contributed by atoms with E-state index in [1.165, 1.54) is 0 Å². The van der Waals surface area contributed by atoms with Crippen LogP contribution in [0, 0.1) is 0 Å². The van der Waals surface area contributed by atoms with Crippen molar-refractivity contribution in [1.29, 1.82) is 0 Å². The molecule has 0 saturated heterocycles. The van der Waals surface area contributed by atoms with Gasteiger partial charge in [-0.15, -0.1) is 0 Å². The summed E-state index contributed by atoms with van der Waals surface area (Å²) in [7, 11) is 3.18. The predicted molar refractivity (Wildman–Crippen MR) is 136 cm³/mol. The third-order valence-electron chi connectivity index (χ3n) is 5.52. The first-order valence-electron chi connectivity index (χ1n) is 10.9. The van der Waals surface area contributed by atoms with Crippen LogP contribution in [0.4, 0.5) is 0 Å². The Morgan fingerprint density at radius 3 is 2.15 bits per heavy atom. The second kappa shape index (κ2) is 10.2. The van der Waals surface area contributed by atoms with Gasteiger partial charge in [-0.25, -0.2) is 0 Å². The molecule has 4 aromatic rings. The Bertz CT molecular complexity index is 1400. The molecular weight excluding hydrogens is 430 g/mol. The number of hydrogen-bond donors (Lipinski definition) is 0. The molecule has 6 heteroatoms. The van der Waals surface area contributed by atoms with Crippen molar-refractivity contribution in [2.45, 2.75) is 6.54 Å². The third kappa shape index (κ3) is 4.35. The van der Waals surface area contributed by atoms with E-state index in [1.54, 1.807) is 26.4 Å². The van der Waals surface area contributed by atoms with Gasteiger partial charge in [-0.3, -0.25) is 4.79 Å². The maximum atomic E-state index is 13.2. The smallest absolute Gasteiger partial charge is 0.203 e. The standard InChI is InChI=1S/C28H27NO5/c1-5-13-33-20-11-12-22-24(17-20)29(23-10-8-7-9-21(23)27(22)30)18-19-15-25(31-3)28(34-14-6-2)26(16-19)32-4/h5-12,15-17H,1-2,13-14,18H2,3-4H3. The first-order valence-corrected chi connectivity index (χ1v) is 10.9. The lowest BCUT2D eigenvalue weighted by molar-refractivity contribution is 0.300. The zero-order chi connectivity index (χ0) is 24.1. The van der Waals surface area contributed by atoms with E-state index in [1.807, 2.05) is 54.6 Å². The zero-order valence-corrected chi connectivity index (χ0v) is 19.4. The van der Waals surface area contributed by atoms with Gasteiger partial charge in [0.25, 0.3) is 0 Å². The van der Waals surface area contributed by atoms with Crippen LogP contribution in [-0.4, -0.2) is 32.0 Å². The number of fused-ring (bicyclic) bond motifs is 2. The summed E-state index contributed by atoms with van der Waals surface area (Å²) in [6, 6.07) is 16.9. The van der Waals surface area contributed by atoms with Crippen LogP contribution in [0.15, 0.2) is 84.7 Å². The Hall–Kier alpha value is -4.19. The Balaban J connectivity index is 1.92. The summed E-state index contributed by atoms with van der Waals surface area (Å²) in [6.07, 6.45) is 3.35. The van der Waals surface area contributed by atoms with Crippen molar-refractivity contribution in [3.8, 4) is 23.0 Å². The molecule has 0 aliphatic carbocycles. The molecular formula is C28H27NO5. The number of ether oxygens (including phenoxy) is 4. The lowest BCUT2D eigenvalue weighted by Crippen LogP contribution is -2.13. The topological polar surface area (TPSA) is 58.9 Å². The van der Waals surface area contributed by atoms with Gasteiger partial charge in [-0.1, -0.05) is 37.4 Å². The molecule has 0 radical (unpaired) electrons. The van der Waals surface area contributed by atoms with Gasteiger partial charge in [-0.2, -0.15) is 0 Å². The van der Waals surface area contributed by atoms with E-state index in [2.05, 4.69) is 17.7 Å². The minimum absolute atomic E-state index is 0.0135. The van der Waals surface area contributed by atoms with Crippen LogP contribution in [0.3, 0.4) is 0 Å². The van der Waals surface area contributed by atoms with Crippen molar-refractivity contribution in [2.75, 3.05) is 27.4 Å². The van der Waals surface area contributed by atoms with Gasteiger partial charge in [0.05, 0.1) is 25.3 Å². The largest absolute Gasteiger partial charge is 0.493 e. The predicted octanol–water partition coefficient (Wildman–Crippen LogP) is 5.35. The molecule has 0 saturated carbocycles. The number of rotatable bonds is 10. The molecule has 174 valence electrons. The second-order valence-corrected chi connectivity index (χ2v) is 7.64. The quantitative estimate of drug-likeness (QED) is 0.237. The number of methoxy groups -OCH3 is 2. The number of hydrogen-bond acceptors (Lipinski definition) is 5. The summed E-state index contributed by atoms with van der Waals surface area (Å²) in [5.41, 5.74) is 2.51. The average molecular weight is 458 g/mol. The molecule has 0 amide bonds. The maximum absolute atomic E-state index is 13.2. The number of pyridine rings is 1. The zero-order valence-electron chi connectivity index (χ0n) is 19.4. The Labute approximate surface area is 198 Å². The Kier molecular flexibility index (Phi) is 6.87. The van der Waals surface area contributed by atoms with Gasteiger partial charge in [0, 0.05) is 23.4 Å². The lowest BCUT2D eigenvalue weighted by Gasteiger charge is -2.19. The molecule has 0 unspecified atom stereocenters.